The van der Waals surface area contributed by atoms with Gasteiger partial charge < -0.3 is 30.0 Å². The normalized spacial score (nSPS) is 11.9. The molecular weight excluding hydrogens is 714 g/mol. The number of carbonyl (C=O) groups is 2. The number of amides is 1. The summed E-state index contributed by atoms with van der Waals surface area (Å²) in [5.41, 5.74) is -0.546. The number of hydrogen-bond donors (Lipinski definition) is 4. The van der Waals surface area contributed by atoms with Crippen LogP contribution in [0.25, 0.3) is 0 Å². The Morgan fingerprint density at radius 2 is 1.45 bits per heavy atom. The average Bonchev–Trinajstić information content (AvgIpc) is 3.13. The van der Waals surface area contributed by atoms with Crippen molar-refractivity contribution in [2.45, 2.75) is 37.2 Å². The fraction of sp³-hybridized carbons (Fsp3) is 0.257. The first-order valence-electron chi connectivity index (χ1n) is 15.9. The maximum Gasteiger partial charge on any atom is 0.330 e. The summed E-state index contributed by atoms with van der Waals surface area (Å²) in [4.78, 5) is 43.6. The van der Waals surface area contributed by atoms with E-state index in [9.17, 15) is 43.3 Å². The number of carboxylic acid groups (broad SMARTS) is 1. The van der Waals surface area contributed by atoms with Crippen LogP contribution in [0.4, 0.5) is 11.4 Å². The van der Waals surface area contributed by atoms with E-state index in [0.29, 0.717) is 38.0 Å². The van der Waals surface area contributed by atoms with Crippen LogP contribution >= 0.6 is 0 Å². The number of methoxy groups -OCH3 is 1. The van der Waals surface area contributed by atoms with Gasteiger partial charge in [-0.3, -0.25) is 25.0 Å². The van der Waals surface area contributed by atoms with Gasteiger partial charge in [-0.25, -0.2) is 18.4 Å². The minimum atomic E-state index is -3.84. The number of carboxylic acids is 1. The molecule has 0 fully saturated rings. The number of rotatable bonds is 17. The summed E-state index contributed by atoms with van der Waals surface area (Å²) in [7, 11) is -2.43. The summed E-state index contributed by atoms with van der Waals surface area (Å²) in [5, 5.41) is 41.8. The molecule has 0 saturated heterocycles. The minimum Gasteiger partial charge on any atom is -0.495 e. The molecule has 1 amide bonds. The van der Waals surface area contributed by atoms with Crippen molar-refractivity contribution in [3.05, 3.63) is 128 Å². The van der Waals surface area contributed by atoms with E-state index in [2.05, 4.69) is 10.6 Å². The van der Waals surface area contributed by atoms with Crippen LogP contribution in [-0.4, -0.2) is 68.2 Å². The van der Waals surface area contributed by atoms with E-state index >= 15 is 0 Å². The molecule has 4 aromatic carbocycles. The number of nitrogens with zero attached hydrogens (tertiary/aromatic N) is 2. The number of nitro benzene ring substituents is 2. The quantitative estimate of drug-likeness (QED) is 0.0664. The number of nitrogens with two attached hydrogens (primary N) is 1. The van der Waals surface area contributed by atoms with Crippen LogP contribution in [0.3, 0.4) is 0 Å². The van der Waals surface area contributed by atoms with E-state index in [1.165, 1.54) is 19.2 Å². The smallest absolute Gasteiger partial charge is 0.330 e. The molecule has 0 unspecified atom stereocenters. The third kappa shape index (κ3) is 12.6. The number of nitrogens with one attached hydrogen (secondary N) is 2. The molecule has 0 aliphatic heterocycles. The van der Waals surface area contributed by atoms with Crippen molar-refractivity contribution in [3.8, 4) is 17.2 Å². The van der Waals surface area contributed by atoms with Crippen LogP contribution in [-0.2, 0) is 21.2 Å². The van der Waals surface area contributed by atoms with Crippen LogP contribution < -0.4 is 30.0 Å². The van der Waals surface area contributed by atoms with E-state index in [1.807, 2.05) is 44.2 Å². The molecule has 0 bridgehead atoms. The molecule has 0 aliphatic carbocycles. The maximum atomic E-state index is 12.3. The second-order valence-electron chi connectivity index (χ2n) is 11.2. The van der Waals surface area contributed by atoms with Crippen LogP contribution in [0.1, 0.15) is 41.4 Å². The summed E-state index contributed by atoms with van der Waals surface area (Å²) in [6, 6.07) is 21.5. The lowest BCUT2D eigenvalue weighted by Gasteiger charge is -2.16. The second-order valence-corrected chi connectivity index (χ2v) is 12.8. The fourth-order valence-electron chi connectivity index (χ4n) is 4.89. The highest BCUT2D eigenvalue weighted by atomic mass is 32.2. The van der Waals surface area contributed by atoms with E-state index < -0.39 is 49.2 Å². The van der Waals surface area contributed by atoms with Crippen molar-refractivity contribution in [1.29, 1.82) is 0 Å². The second kappa shape index (κ2) is 19.5. The molecule has 0 saturated carbocycles. The predicted octanol–water partition coefficient (Wildman–Crippen LogP) is 4.40. The topological polar surface area (TPSA) is 253 Å². The number of primary sulfonamides is 1. The van der Waals surface area contributed by atoms with E-state index in [-0.39, 0.29) is 27.8 Å². The van der Waals surface area contributed by atoms with E-state index in [4.69, 9.17) is 19.3 Å². The first-order valence-corrected chi connectivity index (χ1v) is 17.5. The highest BCUT2D eigenvalue weighted by molar-refractivity contribution is 7.89. The van der Waals surface area contributed by atoms with Crippen molar-refractivity contribution >= 4 is 33.3 Å². The van der Waals surface area contributed by atoms with Crippen molar-refractivity contribution in [2.75, 3.05) is 26.9 Å². The van der Waals surface area contributed by atoms with Crippen LogP contribution in [0.5, 0.6) is 17.2 Å². The Balaban J connectivity index is 0.000000287. The van der Waals surface area contributed by atoms with Crippen LogP contribution in [0.2, 0.25) is 0 Å². The molecule has 282 valence electrons. The first-order chi connectivity index (χ1) is 25.1. The molecule has 0 aliphatic rings. The number of ether oxygens (including phenoxy) is 3. The number of aliphatic carboxylic acids is 1. The Bertz CT molecular complexity index is 1980. The zero-order valence-corrected chi connectivity index (χ0v) is 29.8. The highest BCUT2D eigenvalue weighted by Crippen LogP contribution is 2.27. The number of carbonyl (C=O) groups excluding carboxylic acids is 1. The Morgan fingerprint density at radius 3 is 1.98 bits per heavy atom. The average molecular weight is 754 g/mol. The molecular formula is C35H39N5O12S. The van der Waals surface area contributed by atoms with Crippen molar-refractivity contribution < 1.29 is 47.2 Å². The molecule has 4 rings (SSSR count). The van der Waals surface area contributed by atoms with Crippen molar-refractivity contribution in [3.63, 3.8) is 0 Å². The van der Waals surface area contributed by atoms with Gasteiger partial charge in [0.2, 0.25) is 10.0 Å². The number of benzene rings is 4. The van der Waals surface area contributed by atoms with Gasteiger partial charge in [-0.2, -0.15) is 0 Å². The van der Waals surface area contributed by atoms with Gasteiger partial charge in [-0.1, -0.05) is 48.5 Å². The van der Waals surface area contributed by atoms with E-state index in [0.717, 1.165) is 23.4 Å². The molecule has 17 nitrogen and oxygen atoms in total. The number of hydrogen-bond acceptors (Lipinski definition) is 12. The lowest BCUT2D eigenvalue weighted by Crippen LogP contribution is -2.33. The molecule has 0 radical (unpaired) electrons. The molecule has 0 spiro atoms. The highest BCUT2D eigenvalue weighted by Gasteiger charge is 2.25. The van der Waals surface area contributed by atoms with Gasteiger partial charge in [0.1, 0.15) is 17.3 Å². The Hall–Kier alpha value is -6.11. The summed E-state index contributed by atoms with van der Waals surface area (Å²) in [5.74, 6) is -0.644. The van der Waals surface area contributed by atoms with Gasteiger partial charge in [-0.15, -0.1) is 0 Å². The zero-order chi connectivity index (χ0) is 39.1. The number of nitro groups is 2. The third-order valence-corrected chi connectivity index (χ3v) is 8.25. The Kier molecular flexibility index (Phi) is 15.2. The van der Waals surface area contributed by atoms with E-state index in [1.54, 1.807) is 30.3 Å². The van der Waals surface area contributed by atoms with Gasteiger partial charge in [0.25, 0.3) is 17.3 Å². The molecule has 2 atom stereocenters. The number of non-ortho nitro benzene ring substituents is 2. The van der Waals surface area contributed by atoms with Gasteiger partial charge in [0.15, 0.2) is 17.5 Å². The monoisotopic (exact) mass is 753 g/mol. The SMILES string of the molecule is CCOc1ccccc1OCCN[C@@H](C)Cc1ccc(OC)c(S(N)(=O)=O)c1.O=C(N[C@@H](C(=O)O)c1ccccc1)c1cc([N+](=O)[O-])cc([N+](=O)[O-])c1. The minimum absolute atomic E-state index is 0.00411. The predicted molar refractivity (Wildman–Crippen MR) is 193 cm³/mol. The summed E-state index contributed by atoms with van der Waals surface area (Å²) >= 11 is 0. The Morgan fingerprint density at radius 1 is 0.868 bits per heavy atom. The third-order valence-electron chi connectivity index (χ3n) is 7.32. The Labute approximate surface area is 305 Å². The lowest BCUT2D eigenvalue weighted by molar-refractivity contribution is -0.394. The van der Waals surface area contributed by atoms with Gasteiger partial charge in [-0.05, 0) is 55.7 Å². The molecule has 4 aromatic rings. The van der Waals surface area contributed by atoms with Crippen LogP contribution in [0, 0.1) is 20.2 Å². The van der Waals surface area contributed by atoms with Crippen molar-refractivity contribution in [2.24, 2.45) is 5.14 Å². The molecule has 5 N–H and O–H groups in total. The van der Waals surface area contributed by atoms with Gasteiger partial charge in [0.05, 0.1) is 35.2 Å². The molecule has 0 aromatic heterocycles. The van der Waals surface area contributed by atoms with Gasteiger partial charge in [0, 0.05) is 24.7 Å². The molecule has 0 heterocycles. The van der Waals surface area contributed by atoms with Crippen LogP contribution in [0.15, 0.2) is 95.9 Å². The fourth-order valence-corrected chi connectivity index (χ4v) is 5.64. The lowest BCUT2D eigenvalue weighted by atomic mass is 10.1. The summed E-state index contributed by atoms with van der Waals surface area (Å²) < 4.78 is 39.9. The van der Waals surface area contributed by atoms with Crippen molar-refractivity contribution in [1.82, 2.24) is 10.6 Å². The largest absolute Gasteiger partial charge is 0.495 e. The zero-order valence-electron chi connectivity index (χ0n) is 29.0. The summed E-state index contributed by atoms with van der Waals surface area (Å²) in [6.45, 7) is 5.66. The number of para-hydroxylation sites is 2. The standard InChI is InChI=1S/C20H28N2O5S.C15H11N3O7/c1-4-26-17-7-5-6-8-18(17)27-12-11-22-15(2)13-16-9-10-19(25-3)20(14-16)28(21,23)24;19-14(16-13(15(20)21)9-4-2-1-3-5-9)10-6-11(17(22)23)8-12(7-10)18(24)25/h5-10,14-15,22H,4,11-13H2,1-3H3,(H2,21,23,24);1-8,13H,(H,16,19)(H,20,21)/t15-;13-/m01/s1. The number of sulfonamides is 1. The molecule has 18 heteroatoms. The molecule has 53 heavy (non-hydrogen) atoms. The van der Waals surface area contributed by atoms with Gasteiger partial charge >= 0.3 is 5.97 Å². The summed E-state index contributed by atoms with van der Waals surface area (Å²) in [6.07, 6.45) is 0.641. The maximum absolute atomic E-state index is 12.3. The first kappa shape index (κ1) is 41.3.